The highest BCUT2D eigenvalue weighted by Crippen LogP contribution is 2.22. The predicted octanol–water partition coefficient (Wildman–Crippen LogP) is 2.22. The van der Waals surface area contributed by atoms with Gasteiger partial charge in [-0.3, -0.25) is 0 Å². The first-order chi connectivity index (χ1) is 9.02. The summed E-state index contributed by atoms with van der Waals surface area (Å²) in [6.07, 6.45) is 0.309. The number of benzene rings is 1. The fourth-order valence-electron chi connectivity index (χ4n) is 1.85. The highest BCUT2D eigenvalue weighted by atomic mass is 16.5. The van der Waals surface area contributed by atoms with Gasteiger partial charge in [-0.2, -0.15) is 0 Å². The maximum absolute atomic E-state index is 11.7. The number of carbonyl (C=O) groups excluding carboxylic acids is 1. The molecule has 5 heteroatoms. The summed E-state index contributed by atoms with van der Waals surface area (Å²) in [5.74, 6) is 0.845. The van der Waals surface area contributed by atoms with E-state index < -0.39 is 0 Å². The van der Waals surface area contributed by atoms with Gasteiger partial charge in [0.1, 0.15) is 5.75 Å². The van der Waals surface area contributed by atoms with Crippen LogP contribution in [0.15, 0.2) is 24.3 Å². The van der Waals surface area contributed by atoms with E-state index in [1.807, 2.05) is 19.1 Å². The third-order valence-corrected chi connectivity index (χ3v) is 2.71. The summed E-state index contributed by atoms with van der Waals surface area (Å²) in [6, 6.07) is 6.95. The molecule has 3 N–H and O–H groups in total. The number of hydrogen-bond donors (Lipinski definition) is 3. The summed E-state index contributed by atoms with van der Waals surface area (Å²) in [5.41, 5.74) is 0.630. The van der Waals surface area contributed by atoms with Gasteiger partial charge >= 0.3 is 6.03 Å². The SMILES string of the molecule is COc1ccccc1NC(=O)NCC(C)CC(C)O. The summed E-state index contributed by atoms with van der Waals surface area (Å²) >= 11 is 0. The summed E-state index contributed by atoms with van der Waals surface area (Å²) in [4.78, 5) is 11.7. The van der Waals surface area contributed by atoms with Crippen LogP contribution in [0.1, 0.15) is 20.3 Å². The molecule has 106 valence electrons. The quantitative estimate of drug-likeness (QED) is 0.739. The average Bonchev–Trinajstić information content (AvgIpc) is 2.36. The Morgan fingerprint density at radius 3 is 2.68 bits per heavy atom. The van der Waals surface area contributed by atoms with Crippen LogP contribution in [0, 0.1) is 5.92 Å². The van der Waals surface area contributed by atoms with Crippen molar-refractivity contribution in [1.82, 2.24) is 5.32 Å². The van der Waals surface area contributed by atoms with Crippen LogP contribution in [0.5, 0.6) is 5.75 Å². The molecule has 1 aromatic rings. The number of para-hydroxylation sites is 2. The molecule has 0 radical (unpaired) electrons. The Balaban J connectivity index is 2.43. The van der Waals surface area contributed by atoms with E-state index in [2.05, 4.69) is 10.6 Å². The van der Waals surface area contributed by atoms with E-state index in [1.54, 1.807) is 26.2 Å². The predicted molar refractivity (Wildman–Crippen MR) is 75.5 cm³/mol. The fourth-order valence-corrected chi connectivity index (χ4v) is 1.85. The molecule has 1 rings (SSSR count). The molecule has 0 bridgehead atoms. The van der Waals surface area contributed by atoms with Gasteiger partial charge < -0.3 is 20.5 Å². The number of ether oxygens (including phenoxy) is 1. The fraction of sp³-hybridized carbons (Fsp3) is 0.500. The second kappa shape index (κ2) is 7.63. The molecular weight excluding hydrogens is 244 g/mol. The van der Waals surface area contributed by atoms with Crippen LogP contribution in [0.2, 0.25) is 0 Å². The topological polar surface area (TPSA) is 70.6 Å². The number of methoxy groups -OCH3 is 1. The van der Waals surface area contributed by atoms with Gasteiger partial charge in [-0.25, -0.2) is 4.79 Å². The molecule has 0 saturated carbocycles. The van der Waals surface area contributed by atoms with E-state index in [4.69, 9.17) is 4.74 Å². The molecule has 2 unspecified atom stereocenters. The Hall–Kier alpha value is -1.75. The zero-order chi connectivity index (χ0) is 14.3. The van der Waals surface area contributed by atoms with Crippen molar-refractivity contribution in [1.29, 1.82) is 0 Å². The highest BCUT2D eigenvalue weighted by Gasteiger charge is 2.09. The lowest BCUT2D eigenvalue weighted by Crippen LogP contribution is -2.33. The molecule has 0 aliphatic heterocycles. The number of urea groups is 1. The van der Waals surface area contributed by atoms with Gasteiger partial charge in [-0.1, -0.05) is 19.1 Å². The molecule has 0 spiro atoms. The third kappa shape index (κ3) is 5.61. The zero-order valence-corrected chi connectivity index (χ0v) is 11.6. The largest absolute Gasteiger partial charge is 0.495 e. The molecule has 2 amide bonds. The Labute approximate surface area is 114 Å². The van der Waals surface area contributed by atoms with Gasteiger partial charge in [0.25, 0.3) is 0 Å². The van der Waals surface area contributed by atoms with Crippen LogP contribution < -0.4 is 15.4 Å². The minimum absolute atomic E-state index is 0.225. The highest BCUT2D eigenvalue weighted by molar-refractivity contribution is 5.90. The number of nitrogens with one attached hydrogen (secondary N) is 2. The zero-order valence-electron chi connectivity index (χ0n) is 11.6. The van der Waals surface area contributed by atoms with E-state index in [9.17, 15) is 9.90 Å². The van der Waals surface area contributed by atoms with Crippen molar-refractivity contribution in [2.75, 3.05) is 19.0 Å². The number of hydrogen-bond acceptors (Lipinski definition) is 3. The van der Waals surface area contributed by atoms with Crippen molar-refractivity contribution in [2.24, 2.45) is 5.92 Å². The van der Waals surface area contributed by atoms with E-state index in [0.29, 0.717) is 24.4 Å². The molecule has 2 atom stereocenters. The smallest absolute Gasteiger partial charge is 0.319 e. The van der Waals surface area contributed by atoms with E-state index in [1.165, 1.54) is 0 Å². The van der Waals surface area contributed by atoms with Crippen molar-refractivity contribution >= 4 is 11.7 Å². The molecule has 19 heavy (non-hydrogen) atoms. The second-order valence-corrected chi connectivity index (χ2v) is 4.73. The maximum atomic E-state index is 11.7. The van der Waals surface area contributed by atoms with Crippen molar-refractivity contribution in [2.45, 2.75) is 26.4 Å². The van der Waals surface area contributed by atoms with Crippen LogP contribution in [0.3, 0.4) is 0 Å². The standard InChI is InChI=1S/C14H22N2O3/c1-10(8-11(2)17)9-15-14(18)16-12-6-4-5-7-13(12)19-3/h4-7,10-11,17H,8-9H2,1-3H3,(H2,15,16,18). The van der Waals surface area contributed by atoms with Gasteiger partial charge in [0.2, 0.25) is 0 Å². The molecular formula is C14H22N2O3. The van der Waals surface area contributed by atoms with Crippen molar-refractivity contribution < 1.29 is 14.6 Å². The Kier molecular flexibility index (Phi) is 6.15. The lowest BCUT2D eigenvalue weighted by molar-refractivity contribution is 0.163. The van der Waals surface area contributed by atoms with Crippen LogP contribution in [0.4, 0.5) is 10.5 Å². The summed E-state index contributed by atoms with van der Waals surface area (Å²) in [7, 11) is 1.56. The van der Waals surface area contributed by atoms with Gasteiger partial charge in [0, 0.05) is 6.54 Å². The number of anilines is 1. The average molecular weight is 266 g/mol. The van der Waals surface area contributed by atoms with Crippen molar-refractivity contribution in [3.05, 3.63) is 24.3 Å². The van der Waals surface area contributed by atoms with E-state index >= 15 is 0 Å². The summed E-state index contributed by atoms with van der Waals surface area (Å²) in [5, 5.41) is 14.8. The Bertz CT molecular complexity index is 407. The van der Waals surface area contributed by atoms with Crippen molar-refractivity contribution in [3.63, 3.8) is 0 Å². The van der Waals surface area contributed by atoms with E-state index in [-0.39, 0.29) is 18.1 Å². The van der Waals surface area contributed by atoms with Gasteiger partial charge in [0.05, 0.1) is 18.9 Å². The number of amides is 2. The van der Waals surface area contributed by atoms with Crippen molar-refractivity contribution in [3.8, 4) is 5.75 Å². The maximum Gasteiger partial charge on any atom is 0.319 e. The number of aliphatic hydroxyl groups is 1. The molecule has 0 saturated heterocycles. The molecule has 0 aliphatic carbocycles. The van der Waals surface area contributed by atoms with Gasteiger partial charge in [0.15, 0.2) is 0 Å². The lowest BCUT2D eigenvalue weighted by atomic mass is 10.1. The normalized spacial score (nSPS) is 13.5. The Morgan fingerprint density at radius 1 is 1.37 bits per heavy atom. The Morgan fingerprint density at radius 2 is 2.05 bits per heavy atom. The second-order valence-electron chi connectivity index (χ2n) is 4.73. The minimum atomic E-state index is -0.353. The number of carbonyl (C=O) groups is 1. The molecule has 0 aromatic heterocycles. The minimum Gasteiger partial charge on any atom is -0.495 e. The molecule has 1 aromatic carbocycles. The first-order valence-corrected chi connectivity index (χ1v) is 6.39. The number of aliphatic hydroxyl groups excluding tert-OH is 1. The van der Waals surface area contributed by atoms with Crippen LogP contribution >= 0.6 is 0 Å². The van der Waals surface area contributed by atoms with Gasteiger partial charge in [-0.15, -0.1) is 0 Å². The molecule has 0 fully saturated rings. The lowest BCUT2D eigenvalue weighted by Gasteiger charge is -2.15. The summed E-state index contributed by atoms with van der Waals surface area (Å²) in [6.45, 7) is 4.24. The molecule has 5 nitrogen and oxygen atoms in total. The first-order valence-electron chi connectivity index (χ1n) is 6.39. The number of rotatable bonds is 6. The summed E-state index contributed by atoms with van der Waals surface area (Å²) < 4.78 is 5.15. The van der Waals surface area contributed by atoms with Crippen LogP contribution in [-0.2, 0) is 0 Å². The monoisotopic (exact) mass is 266 g/mol. The van der Waals surface area contributed by atoms with Gasteiger partial charge in [-0.05, 0) is 31.4 Å². The molecule has 0 aliphatic rings. The van der Waals surface area contributed by atoms with Crippen LogP contribution in [-0.4, -0.2) is 30.9 Å². The first kappa shape index (κ1) is 15.3. The van der Waals surface area contributed by atoms with Crippen LogP contribution in [0.25, 0.3) is 0 Å². The molecule has 0 heterocycles. The third-order valence-electron chi connectivity index (χ3n) is 2.71. The van der Waals surface area contributed by atoms with E-state index in [0.717, 1.165) is 0 Å².